The van der Waals surface area contributed by atoms with E-state index in [9.17, 15) is 44.4 Å². The molecule has 3 aromatic rings. The fourth-order valence-electron chi connectivity index (χ4n) is 5.11. The van der Waals surface area contributed by atoms with Crippen molar-refractivity contribution in [2.75, 3.05) is 0 Å². The molecule has 2 heterocycles. The van der Waals surface area contributed by atoms with Crippen LogP contribution in [0.3, 0.4) is 0 Å². The Morgan fingerprint density at radius 1 is 0.850 bits per heavy atom. The lowest BCUT2D eigenvalue weighted by atomic mass is 9.57. The van der Waals surface area contributed by atoms with E-state index in [0.29, 0.717) is 0 Å². The summed E-state index contributed by atoms with van der Waals surface area (Å²) in [6.45, 7) is -5.59. The van der Waals surface area contributed by atoms with Crippen LogP contribution in [0.4, 0.5) is 0 Å². The molecule has 1 saturated heterocycles. The van der Waals surface area contributed by atoms with Crippen molar-refractivity contribution in [3.05, 3.63) is 70.4 Å². The van der Waals surface area contributed by atoms with Crippen LogP contribution in [0.5, 0.6) is 0 Å². The molecule has 1 aromatic heterocycles. The number of hydrogen-bond acceptors (Lipinski definition) is 11. The number of carbonyl (C=O) groups is 4. The van der Waals surface area contributed by atoms with Crippen molar-refractivity contribution in [1.82, 2.24) is 0 Å². The Hall–Kier alpha value is -3.87. The van der Waals surface area contributed by atoms with Crippen molar-refractivity contribution >= 4 is 34.1 Å². The maximum Gasteiger partial charge on any atom is 0.200 e. The lowest BCUT2D eigenvalue weighted by molar-refractivity contribution is -0.329. The van der Waals surface area contributed by atoms with Gasteiger partial charge in [0.15, 0.2) is 45.4 Å². The molecular weight excluding hydrogens is 524 g/mol. The van der Waals surface area contributed by atoms with Crippen molar-refractivity contribution in [3.63, 3.8) is 0 Å². The van der Waals surface area contributed by atoms with E-state index < -0.39 is 103 Å². The maximum atomic E-state index is 14.2. The van der Waals surface area contributed by atoms with Crippen LogP contribution in [0.1, 0.15) is 44.7 Å². The first kappa shape index (κ1) is 24.0. The molecule has 0 amide bonds. The Morgan fingerprint density at radius 3 is 2.08 bits per heavy atom. The summed E-state index contributed by atoms with van der Waals surface area (Å²) in [7, 11) is 0. The minimum absolute atomic E-state index is 0.00521. The van der Waals surface area contributed by atoms with E-state index >= 15 is 0 Å². The zero-order chi connectivity index (χ0) is 32.6. The van der Waals surface area contributed by atoms with Crippen LogP contribution in [0.15, 0.2) is 63.8 Å². The number of benzene rings is 2. The second kappa shape index (κ2) is 9.95. The average Bonchev–Trinajstić information content (AvgIpc) is 3.05. The van der Waals surface area contributed by atoms with Gasteiger partial charge in [-0.15, -0.1) is 0 Å². The predicted molar refractivity (Wildman–Crippen MR) is 139 cm³/mol. The van der Waals surface area contributed by atoms with E-state index in [1.54, 1.807) is 6.07 Å². The molecule has 4 N–H and O–H groups in total. The molecule has 2 unspecified atom stereocenters. The van der Waals surface area contributed by atoms with Crippen LogP contribution in [0.25, 0.3) is 22.3 Å². The average molecular weight is 557 g/mol. The molecule has 0 radical (unpaired) electrons. The summed E-state index contributed by atoms with van der Waals surface area (Å²) >= 11 is 0. The number of ether oxygens (including phenoxy) is 1. The fourth-order valence-corrected chi connectivity index (χ4v) is 5.11. The molecule has 1 fully saturated rings. The van der Waals surface area contributed by atoms with Crippen LogP contribution in [0, 0.1) is 0 Å². The van der Waals surface area contributed by atoms with Crippen LogP contribution >= 0.6 is 0 Å². The number of carbonyl (C=O) groups excluding carboxylic acids is 4. The largest absolute Gasteiger partial charge is 0.455 e. The number of rotatable bonds is 7. The summed E-state index contributed by atoms with van der Waals surface area (Å²) in [4.78, 5) is 66.9. The van der Waals surface area contributed by atoms with E-state index in [1.807, 2.05) is 0 Å². The van der Waals surface area contributed by atoms with E-state index in [1.165, 1.54) is 48.5 Å². The van der Waals surface area contributed by atoms with Gasteiger partial charge in [0, 0.05) is 11.0 Å². The first-order valence-electron chi connectivity index (χ1n) is 14.5. The fraction of sp³-hybridized carbons (Fsp3) is 0.345. The number of para-hydroxylation sites is 1. The summed E-state index contributed by atoms with van der Waals surface area (Å²) in [5.74, 6) is -7.31. The van der Waals surface area contributed by atoms with E-state index in [2.05, 4.69) is 0 Å². The normalized spacial score (nSPS) is 30.4. The first-order chi connectivity index (χ1) is 20.8. The van der Waals surface area contributed by atoms with E-state index in [0.717, 1.165) is 0 Å². The molecule has 0 saturated carbocycles. The second-order valence-electron chi connectivity index (χ2n) is 9.40. The van der Waals surface area contributed by atoms with E-state index in [-0.39, 0.29) is 16.5 Å². The minimum atomic E-state index is -4.18. The third-order valence-corrected chi connectivity index (χ3v) is 7.18. The van der Waals surface area contributed by atoms with Crippen molar-refractivity contribution in [2.45, 2.75) is 62.7 Å². The van der Waals surface area contributed by atoms with Gasteiger partial charge in [-0.05, 0) is 39.7 Å². The molecule has 11 nitrogen and oxygen atoms in total. The third-order valence-electron chi connectivity index (χ3n) is 7.18. The lowest BCUT2D eigenvalue weighted by Gasteiger charge is -2.58. The first-order valence-corrected chi connectivity index (χ1v) is 11.7. The van der Waals surface area contributed by atoms with Gasteiger partial charge in [0.2, 0.25) is 0 Å². The van der Waals surface area contributed by atoms with Crippen LogP contribution < -0.4 is 5.43 Å². The number of fused-ring (bicyclic) bond motifs is 1. The molecule has 210 valence electrons. The smallest absolute Gasteiger partial charge is 0.200 e. The van der Waals surface area contributed by atoms with Gasteiger partial charge in [0.25, 0.3) is 0 Å². The molecule has 1 aliphatic heterocycles. The quantitative estimate of drug-likeness (QED) is 0.322. The van der Waals surface area contributed by atoms with Crippen LogP contribution in [-0.4, -0.2) is 72.6 Å². The molecule has 4 rings (SSSR count). The van der Waals surface area contributed by atoms with Crippen molar-refractivity contribution in [2.24, 2.45) is 0 Å². The zero-order valence-corrected chi connectivity index (χ0v) is 20.9. The Bertz CT molecular complexity index is 1680. The van der Waals surface area contributed by atoms with Gasteiger partial charge >= 0.3 is 0 Å². The summed E-state index contributed by atoms with van der Waals surface area (Å²) in [5, 5.41) is 46.9. The molecule has 0 aliphatic carbocycles. The third kappa shape index (κ3) is 3.81. The highest BCUT2D eigenvalue weighted by atomic mass is 16.6. The minimum Gasteiger partial charge on any atom is -0.455 e. The van der Waals surface area contributed by atoms with Crippen molar-refractivity contribution < 1.29 is 54.2 Å². The highest BCUT2D eigenvalue weighted by Gasteiger charge is 2.79. The number of Topliss-reactive ketones (excluding diaryl/α,β-unsaturated/α-hetero) is 4. The molecule has 0 spiro atoms. The molecule has 1 aliphatic rings. The molecule has 6 atom stereocenters. The summed E-state index contributed by atoms with van der Waals surface area (Å²) in [5.41, 5.74) is -13.7. The Kier molecular flexibility index (Phi) is 5.96. The number of aliphatic hydroxyl groups excluding tert-OH is 1. The van der Waals surface area contributed by atoms with Gasteiger partial charge in [-0.1, -0.05) is 42.5 Å². The van der Waals surface area contributed by atoms with Crippen LogP contribution in [0.2, 0.25) is 0 Å². The highest BCUT2D eigenvalue weighted by molar-refractivity contribution is 6.06. The van der Waals surface area contributed by atoms with Gasteiger partial charge in [0.1, 0.15) is 29.7 Å². The topological polar surface area (TPSA) is 189 Å². The van der Waals surface area contributed by atoms with Gasteiger partial charge in [-0.2, -0.15) is 0 Å². The Morgan fingerprint density at radius 2 is 1.45 bits per heavy atom. The Labute approximate surface area is 233 Å². The SMILES string of the molecule is [2H]CC(=O)C(O)[C@H]1OC(c2c(-c3ccccc3)oc3ccccc3c2=O)[C@@](O)(C(=O)C[2H])[C@](O)(C(=O)C[2H])[C@@]1(O)C(=O)C[2H]. The highest BCUT2D eigenvalue weighted by Crippen LogP contribution is 2.53. The molecular formula is C29H28O11. The van der Waals surface area contributed by atoms with Gasteiger partial charge in [0.05, 0.1) is 10.9 Å². The molecule has 0 bridgehead atoms. The standard InChI is InChI=1S/C29H28O11/c1-14(30)22(34)26-28(37,16(3)32)29(38,17(4)33)27(36,15(2)31)25(40-26)21-23(35)19-12-8-9-13-20(19)39-24(21)18-10-6-5-7-11-18/h5-13,22,25-26,34,36-38H,1-4H3/t22?,25?,26-,27+,28-,29-/m1/s1/i1D,2D,3D,4D. The summed E-state index contributed by atoms with van der Waals surface area (Å²) in [6.07, 6.45) is -8.13. The Balaban J connectivity index is 2.24. The van der Waals surface area contributed by atoms with Gasteiger partial charge in [-0.3, -0.25) is 24.0 Å². The molecule has 40 heavy (non-hydrogen) atoms. The molecule has 2 aromatic carbocycles. The molecule has 11 heteroatoms. The lowest BCUT2D eigenvalue weighted by Crippen LogP contribution is -2.85. The summed E-state index contributed by atoms with van der Waals surface area (Å²) < 4.78 is 42.1. The second-order valence-corrected chi connectivity index (χ2v) is 9.40. The predicted octanol–water partition coefficient (Wildman–Crippen LogP) is 0.810. The zero-order valence-electron chi connectivity index (χ0n) is 24.9. The number of ketones is 4. The number of aliphatic hydroxyl groups is 4. The number of hydrogen-bond donors (Lipinski definition) is 4. The van der Waals surface area contributed by atoms with Crippen molar-refractivity contribution in [3.8, 4) is 11.3 Å². The monoisotopic (exact) mass is 556 g/mol. The van der Waals surface area contributed by atoms with Gasteiger partial charge < -0.3 is 29.6 Å². The maximum absolute atomic E-state index is 14.2. The summed E-state index contributed by atoms with van der Waals surface area (Å²) in [6, 6.07) is 13.3. The van der Waals surface area contributed by atoms with Gasteiger partial charge in [-0.25, -0.2) is 0 Å². The van der Waals surface area contributed by atoms with Crippen LogP contribution in [-0.2, 0) is 23.9 Å². The van der Waals surface area contributed by atoms with Crippen molar-refractivity contribution in [1.29, 1.82) is 0 Å². The van der Waals surface area contributed by atoms with E-state index in [4.69, 9.17) is 14.6 Å².